The Labute approximate surface area is 129 Å². The molecule has 1 rings (SSSR count). The van der Waals surface area contributed by atoms with Crippen molar-refractivity contribution in [2.45, 2.75) is 58.2 Å². The van der Waals surface area contributed by atoms with E-state index in [4.69, 9.17) is 0 Å². The van der Waals surface area contributed by atoms with Crippen molar-refractivity contribution in [3.8, 4) is 0 Å². The first-order chi connectivity index (χ1) is 9.25. The van der Waals surface area contributed by atoms with Crippen molar-refractivity contribution in [2.24, 2.45) is 5.92 Å². The van der Waals surface area contributed by atoms with Gasteiger partial charge >= 0.3 is 0 Å². The van der Waals surface area contributed by atoms with E-state index in [1.165, 1.54) is 11.1 Å². The number of thioether (sulfide) groups is 1. The van der Waals surface area contributed by atoms with Crippen molar-refractivity contribution in [2.75, 3.05) is 12.8 Å². The van der Waals surface area contributed by atoms with Gasteiger partial charge in [0.25, 0.3) is 0 Å². The smallest absolute Gasteiger partial charge is 0.0409 e. The molecule has 0 radical (unpaired) electrons. The predicted octanol–water partition coefficient (Wildman–Crippen LogP) is 5.02. The fraction of sp³-hybridized carbons (Fsp3) is 0.667. The van der Waals surface area contributed by atoms with E-state index in [9.17, 15) is 0 Å². The van der Waals surface area contributed by atoms with Crippen LogP contribution in [0.1, 0.15) is 58.7 Å². The lowest BCUT2D eigenvalue weighted by Crippen LogP contribution is -2.21. The molecular weight excluding hydrogens is 262 g/mol. The standard InChI is InChI=1S/C18H31NS/c1-13(2)14(3)20-12-17(19-7)15-8-10-16(11-9-15)18(4,5)6/h8-11,13-14,17,19H,12H2,1-7H3. The third-order valence-corrected chi connectivity index (χ3v) is 5.59. The Morgan fingerprint density at radius 1 is 1.05 bits per heavy atom. The van der Waals surface area contributed by atoms with Gasteiger partial charge in [-0.05, 0) is 29.5 Å². The minimum Gasteiger partial charge on any atom is -0.312 e. The van der Waals surface area contributed by atoms with Gasteiger partial charge in [-0.25, -0.2) is 0 Å². The SMILES string of the molecule is CNC(CSC(C)C(C)C)c1ccc(C(C)(C)C)cc1. The average Bonchev–Trinajstić information content (AvgIpc) is 2.38. The first kappa shape index (κ1) is 17.6. The second-order valence-electron chi connectivity index (χ2n) is 7.00. The molecule has 0 saturated carbocycles. The van der Waals surface area contributed by atoms with E-state index in [0.29, 0.717) is 11.3 Å². The fourth-order valence-corrected chi connectivity index (χ4v) is 3.24. The van der Waals surface area contributed by atoms with Crippen LogP contribution in [0.5, 0.6) is 0 Å². The van der Waals surface area contributed by atoms with Crippen molar-refractivity contribution in [1.29, 1.82) is 0 Å². The Morgan fingerprint density at radius 2 is 1.60 bits per heavy atom. The quantitative estimate of drug-likeness (QED) is 0.790. The third-order valence-electron chi connectivity index (χ3n) is 3.99. The molecule has 0 spiro atoms. The van der Waals surface area contributed by atoms with Crippen LogP contribution in [0.4, 0.5) is 0 Å². The van der Waals surface area contributed by atoms with Crippen LogP contribution in [-0.2, 0) is 5.41 Å². The third kappa shape index (κ3) is 5.14. The van der Waals surface area contributed by atoms with Crippen molar-refractivity contribution in [3.05, 3.63) is 35.4 Å². The normalized spacial score (nSPS) is 15.4. The van der Waals surface area contributed by atoms with Gasteiger partial charge in [0.15, 0.2) is 0 Å². The summed E-state index contributed by atoms with van der Waals surface area (Å²) in [6.45, 7) is 13.7. The monoisotopic (exact) mass is 293 g/mol. The van der Waals surface area contributed by atoms with E-state index in [-0.39, 0.29) is 5.41 Å². The van der Waals surface area contributed by atoms with Gasteiger partial charge in [0.05, 0.1) is 0 Å². The molecule has 1 aromatic rings. The molecule has 0 heterocycles. The number of nitrogens with one attached hydrogen (secondary N) is 1. The van der Waals surface area contributed by atoms with Crippen LogP contribution in [0.2, 0.25) is 0 Å². The zero-order chi connectivity index (χ0) is 15.3. The molecule has 0 fully saturated rings. The molecule has 0 aliphatic carbocycles. The first-order valence-electron chi connectivity index (χ1n) is 7.65. The zero-order valence-corrected chi connectivity index (χ0v) is 15.0. The Bertz CT molecular complexity index is 389. The largest absolute Gasteiger partial charge is 0.312 e. The topological polar surface area (TPSA) is 12.0 Å². The number of hydrogen-bond acceptors (Lipinski definition) is 2. The van der Waals surface area contributed by atoms with E-state index in [1.807, 2.05) is 0 Å². The van der Waals surface area contributed by atoms with Crippen molar-refractivity contribution >= 4 is 11.8 Å². The Kier molecular flexibility index (Phi) is 6.60. The van der Waals surface area contributed by atoms with Gasteiger partial charge in [0.1, 0.15) is 0 Å². The molecule has 2 heteroatoms. The molecule has 0 saturated heterocycles. The molecule has 20 heavy (non-hydrogen) atoms. The van der Waals surface area contributed by atoms with Gasteiger partial charge in [0.2, 0.25) is 0 Å². The average molecular weight is 294 g/mol. The number of rotatable bonds is 6. The highest BCUT2D eigenvalue weighted by Crippen LogP contribution is 2.27. The van der Waals surface area contributed by atoms with Gasteiger partial charge in [-0.3, -0.25) is 0 Å². The van der Waals surface area contributed by atoms with E-state index < -0.39 is 0 Å². The lowest BCUT2D eigenvalue weighted by Gasteiger charge is -2.23. The van der Waals surface area contributed by atoms with Crippen molar-refractivity contribution in [3.63, 3.8) is 0 Å². The van der Waals surface area contributed by atoms with E-state index in [1.54, 1.807) is 0 Å². The molecule has 0 aliphatic rings. The summed E-state index contributed by atoms with van der Waals surface area (Å²) in [4.78, 5) is 0. The summed E-state index contributed by atoms with van der Waals surface area (Å²) in [7, 11) is 2.06. The van der Waals surface area contributed by atoms with Crippen LogP contribution in [0.3, 0.4) is 0 Å². The molecule has 1 N–H and O–H groups in total. The number of hydrogen-bond donors (Lipinski definition) is 1. The number of benzene rings is 1. The highest BCUT2D eigenvalue weighted by molar-refractivity contribution is 7.99. The maximum absolute atomic E-state index is 3.45. The van der Waals surface area contributed by atoms with E-state index >= 15 is 0 Å². The molecule has 2 atom stereocenters. The maximum atomic E-state index is 3.45. The van der Waals surface area contributed by atoms with Gasteiger partial charge in [0, 0.05) is 17.0 Å². The van der Waals surface area contributed by atoms with Crippen molar-refractivity contribution < 1.29 is 0 Å². The minimum absolute atomic E-state index is 0.231. The lowest BCUT2D eigenvalue weighted by molar-refractivity contribution is 0.588. The Hall–Kier alpha value is -0.470. The van der Waals surface area contributed by atoms with Gasteiger partial charge in [-0.15, -0.1) is 0 Å². The lowest BCUT2D eigenvalue weighted by atomic mass is 9.86. The summed E-state index contributed by atoms with van der Waals surface area (Å²) in [5.41, 5.74) is 3.03. The summed E-state index contributed by atoms with van der Waals surface area (Å²) in [5.74, 6) is 1.87. The van der Waals surface area contributed by atoms with Crippen molar-refractivity contribution in [1.82, 2.24) is 5.32 Å². The van der Waals surface area contributed by atoms with Crippen LogP contribution < -0.4 is 5.32 Å². The molecule has 0 aromatic heterocycles. The van der Waals surface area contributed by atoms with Gasteiger partial charge in [-0.2, -0.15) is 11.8 Å². The van der Waals surface area contributed by atoms with Crippen LogP contribution >= 0.6 is 11.8 Å². The summed E-state index contributed by atoms with van der Waals surface area (Å²) >= 11 is 2.06. The van der Waals surface area contributed by atoms with Crippen LogP contribution in [0.15, 0.2) is 24.3 Å². The van der Waals surface area contributed by atoms with Gasteiger partial charge in [-0.1, -0.05) is 65.8 Å². The summed E-state index contributed by atoms with van der Waals surface area (Å²) in [6.07, 6.45) is 0. The molecule has 114 valence electrons. The molecule has 0 aliphatic heterocycles. The highest BCUT2D eigenvalue weighted by atomic mass is 32.2. The maximum Gasteiger partial charge on any atom is 0.0409 e. The second kappa shape index (κ2) is 7.51. The molecule has 0 amide bonds. The van der Waals surface area contributed by atoms with Gasteiger partial charge < -0.3 is 5.32 Å². The molecule has 0 bridgehead atoms. The Morgan fingerprint density at radius 3 is 2.00 bits per heavy atom. The van der Waals surface area contributed by atoms with E-state index in [0.717, 1.165) is 11.7 Å². The fourth-order valence-electron chi connectivity index (χ4n) is 2.00. The van der Waals surface area contributed by atoms with Crippen LogP contribution in [-0.4, -0.2) is 18.1 Å². The second-order valence-corrected chi connectivity index (χ2v) is 8.41. The van der Waals surface area contributed by atoms with Crippen LogP contribution in [0.25, 0.3) is 0 Å². The van der Waals surface area contributed by atoms with Crippen LogP contribution in [0, 0.1) is 5.92 Å². The first-order valence-corrected chi connectivity index (χ1v) is 8.70. The Balaban J connectivity index is 2.71. The highest BCUT2D eigenvalue weighted by Gasteiger charge is 2.16. The predicted molar refractivity (Wildman–Crippen MR) is 93.7 cm³/mol. The zero-order valence-electron chi connectivity index (χ0n) is 14.2. The van der Waals surface area contributed by atoms with E-state index in [2.05, 4.69) is 89.9 Å². The molecule has 1 aromatic carbocycles. The summed E-state index contributed by atoms with van der Waals surface area (Å²) < 4.78 is 0. The molecule has 1 nitrogen and oxygen atoms in total. The summed E-state index contributed by atoms with van der Waals surface area (Å²) in [6, 6.07) is 9.55. The minimum atomic E-state index is 0.231. The molecular formula is C18H31NS. The summed E-state index contributed by atoms with van der Waals surface area (Å²) in [5, 5.41) is 4.16. The molecule has 2 unspecified atom stereocenters.